The first kappa shape index (κ1) is 21.9. The van der Waals surface area contributed by atoms with Crippen LogP contribution in [0.5, 0.6) is 0 Å². The number of methoxy groups -OCH3 is 1. The van der Waals surface area contributed by atoms with Crippen LogP contribution in [-0.2, 0) is 9.53 Å². The molecule has 1 heterocycles. The summed E-state index contributed by atoms with van der Waals surface area (Å²) < 4.78 is 5.08. The number of likely N-dealkylation sites (tertiary alicyclic amines) is 1. The van der Waals surface area contributed by atoms with Crippen LogP contribution >= 0.6 is 24.8 Å². The highest BCUT2D eigenvalue weighted by molar-refractivity contribution is 5.85. The lowest BCUT2D eigenvalue weighted by atomic mass is 10.0. The van der Waals surface area contributed by atoms with E-state index >= 15 is 0 Å². The second-order valence-corrected chi connectivity index (χ2v) is 6.24. The predicted octanol–water partition coefficient (Wildman–Crippen LogP) is 1.57. The largest absolute Gasteiger partial charge is 0.385 e. The molecular weight excluding hydrogens is 325 g/mol. The van der Waals surface area contributed by atoms with Gasteiger partial charge in [0.05, 0.1) is 0 Å². The topological polar surface area (TPSA) is 67.6 Å². The van der Waals surface area contributed by atoms with Gasteiger partial charge < -0.3 is 20.7 Å². The van der Waals surface area contributed by atoms with E-state index in [2.05, 4.69) is 10.2 Å². The summed E-state index contributed by atoms with van der Waals surface area (Å²) in [5.74, 6) is 0.389. The first-order chi connectivity index (χ1) is 9.69. The van der Waals surface area contributed by atoms with E-state index in [9.17, 15) is 4.79 Å². The molecule has 3 N–H and O–H groups in total. The van der Waals surface area contributed by atoms with Gasteiger partial charge in [-0.15, -0.1) is 24.8 Å². The Morgan fingerprint density at radius 3 is 2.45 bits per heavy atom. The summed E-state index contributed by atoms with van der Waals surface area (Å²) in [6, 6.07) is 0.589. The lowest BCUT2D eigenvalue weighted by Gasteiger charge is -2.32. The molecule has 0 aromatic heterocycles. The number of carbonyl (C=O) groups excluding carboxylic acids is 1. The molecule has 5 nitrogen and oxygen atoms in total. The third-order valence-corrected chi connectivity index (χ3v) is 4.60. The maximum Gasteiger partial charge on any atom is 0.223 e. The summed E-state index contributed by atoms with van der Waals surface area (Å²) in [4.78, 5) is 14.6. The molecule has 1 saturated carbocycles. The van der Waals surface area contributed by atoms with E-state index in [0.717, 1.165) is 64.8 Å². The number of ether oxygens (including phenoxy) is 1. The summed E-state index contributed by atoms with van der Waals surface area (Å²) in [6.45, 7) is 4.10. The van der Waals surface area contributed by atoms with Crippen molar-refractivity contribution >= 4 is 30.7 Å². The maximum atomic E-state index is 12.2. The standard InChI is InChI=1S/C15H29N3O2.2ClH/c1-20-10-2-7-18-8-5-14(6-9-18)17-15(19)12-3-4-13(16)11-12;;/h12-14H,2-11,16H2,1H3,(H,17,19);2*1H. The van der Waals surface area contributed by atoms with Crippen molar-refractivity contribution < 1.29 is 9.53 Å². The van der Waals surface area contributed by atoms with Crippen molar-refractivity contribution in [1.82, 2.24) is 10.2 Å². The quantitative estimate of drug-likeness (QED) is 0.709. The molecule has 22 heavy (non-hydrogen) atoms. The summed E-state index contributed by atoms with van der Waals surface area (Å²) in [7, 11) is 1.75. The zero-order valence-corrected chi connectivity index (χ0v) is 15.1. The number of nitrogens with two attached hydrogens (primary N) is 1. The van der Waals surface area contributed by atoms with E-state index in [-0.39, 0.29) is 42.7 Å². The van der Waals surface area contributed by atoms with Gasteiger partial charge in [-0.2, -0.15) is 0 Å². The highest BCUT2D eigenvalue weighted by Crippen LogP contribution is 2.24. The Hall–Kier alpha value is -0.0700. The van der Waals surface area contributed by atoms with E-state index in [4.69, 9.17) is 10.5 Å². The molecule has 1 saturated heterocycles. The molecular formula is C15H31Cl2N3O2. The van der Waals surface area contributed by atoms with Gasteiger partial charge in [-0.05, 0) is 38.5 Å². The number of nitrogens with zero attached hydrogens (tertiary/aromatic N) is 1. The Kier molecular flexibility index (Phi) is 11.4. The summed E-state index contributed by atoms with van der Waals surface area (Å²) in [5.41, 5.74) is 5.88. The van der Waals surface area contributed by atoms with Crippen molar-refractivity contribution in [3.8, 4) is 0 Å². The van der Waals surface area contributed by atoms with Crippen molar-refractivity contribution in [3.63, 3.8) is 0 Å². The molecule has 0 aromatic rings. The number of nitrogens with one attached hydrogen (secondary N) is 1. The molecule has 2 fully saturated rings. The van der Waals surface area contributed by atoms with E-state index in [1.807, 2.05) is 0 Å². The predicted molar refractivity (Wildman–Crippen MR) is 93.9 cm³/mol. The lowest BCUT2D eigenvalue weighted by Crippen LogP contribution is -2.46. The van der Waals surface area contributed by atoms with E-state index in [1.54, 1.807) is 7.11 Å². The van der Waals surface area contributed by atoms with Crippen molar-refractivity contribution in [2.24, 2.45) is 11.7 Å². The lowest BCUT2D eigenvalue weighted by molar-refractivity contribution is -0.125. The van der Waals surface area contributed by atoms with Crippen LogP contribution in [-0.4, -0.2) is 56.2 Å². The Morgan fingerprint density at radius 1 is 1.23 bits per heavy atom. The van der Waals surface area contributed by atoms with Gasteiger partial charge in [-0.3, -0.25) is 4.79 Å². The van der Waals surface area contributed by atoms with Gasteiger partial charge in [0.25, 0.3) is 0 Å². The zero-order chi connectivity index (χ0) is 14.4. The number of hydrogen-bond donors (Lipinski definition) is 2. The fraction of sp³-hybridized carbons (Fsp3) is 0.933. The van der Waals surface area contributed by atoms with E-state index < -0.39 is 0 Å². The van der Waals surface area contributed by atoms with Crippen LogP contribution < -0.4 is 11.1 Å². The molecule has 0 aromatic carbocycles. The molecule has 2 aliphatic rings. The Balaban J connectivity index is 0.00000220. The third-order valence-electron chi connectivity index (χ3n) is 4.60. The van der Waals surface area contributed by atoms with Crippen molar-refractivity contribution in [3.05, 3.63) is 0 Å². The van der Waals surface area contributed by atoms with Crippen molar-refractivity contribution in [2.75, 3.05) is 33.4 Å². The minimum atomic E-state index is 0. The van der Waals surface area contributed by atoms with Crippen LogP contribution in [0.3, 0.4) is 0 Å². The molecule has 1 aliphatic carbocycles. The molecule has 2 atom stereocenters. The highest BCUT2D eigenvalue weighted by atomic mass is 35.5. The molecule has 1 amide bonds. The van der Waals surface area contributed by atoms with Crippen LogP contribution in [0.1, 0.15) is 38.5 Å². The van der Waals surface area contributed by atoms with Crippen molar-refractivity contribution in [1.29, 1.82) is 0 Å². The number of halogens is 2. The number of piperidine rings is 1. The smallest absolute Gasteiger partial charge is 0.223 e. The summed E-state index contributed by atoms with van der Waals surface area (Å²) >= 11 is 0. The van der Waals surface area contributed by atoms with Crippen LogP contribution in [0.25, 0.3) is 0 Å². The number of amides is 1. The molecule has 132 valence electrons. The number of rotatable bonds is 6. The van der Waals surface area contributed by atoms with E-state index in [0.29, 0.717) is 6.04 Å². The fourth-order valence-corrected chi connectivity index (χ4v) is 3.31. The number of hydrogen-bond acceptors (Lipinski definition) is 4. The molecule has 0 spiro atoms. The van der Waals surface area contributed by atoms with Gasteiger partial charge in [0, 0.05) is 51.4 Å². The van der Waals surface area contributed by atoms with Crippen LogP contribution in [0, 0.1) is 5.92 Å². The van der Waals surface area contributed by atoms with Crippen LogP contribution in [0.4, 0.5) is 0 Å². The molecule has 1 aliphatic heterocycles. The fourth-order valence-electron chi connectivity index (χ4n) is 3.31. The third kappa shape index (κ3) is 7.01. The average Bonchev–Trinajstić information content (AvgIpc) is 2.88. The van der Waals surface area contributed by atoms with Crippen LogP contribution in [0.2, 0.25) is 0 Å². The normalized spacial score (nSPS) is 26.1. The SMILES string of the molecule is COCCCN1CCC(NC(=O)C2CCC(N)C2)CC1.Cl.Cl. The Morgan fingerprint density at radius 2 is 1.91 bits per heavy atom. The first-order valence-electron chi connectivity index (χ1n) is 7.96. The monoisotopic (exact) mass is 355 g/mol. The van der Waals surface area contributed by atoms with Gasteiger partial charge in [0.15, 0.2) is 0 Å². The molecule has 2 unspecified atom stereocenters. The molecule has 7 heteroatoms. The molecule has 0 bridgehead atoms. The van der Waals surface area contributed by atoms with Crippen LogP contribution in [0.15, 0.2) is 0 Å². The Labute approximate surface area is 146 Å². The second kappa shape index (κ2) is 11.5. The Bertz CT molecular complexity index is 313. The second-order valence-electron chi connectivity index (χ2n) is 6.24. The van der Waals surface area contributed by atoms with Gasteiger partial charge in [-0.1, -0.05) is 0 Å². The number of carbonyl (C=O) groups is 1. The molecule has 2 rings (SSSR count). The first-order valence-corrected chi connectivity index (χ1v) is 7.96. The van der Waals surface area contributed by atoms with Gasteiger partial charge >= 0.3 is 0 Å². The van der Waals surface area contributed by atoms with Gasteiger partial charge in [-0.25, -0.2) is 0 Å². The highest BCUT2D eigenvalue weighted by Gasteiger charge is 2.29. The average molecular weight is 356 g/mol. The molecule has 0 radical (unpaired) electrons. The van der Waals surface area contributed by atoms with Gasteiger partial charge in [0.2, 0.25) is 5.91 Å². The summed E-state index contributed by atoms with van der Waals surface area (Å²) in [5, 5.41) is 3.22. The zero-order valence-electron chi connectivity index (χ0n) is 13.5. The van der Waals surface area contributed by atoms with Crippen molar-refractivity contribution in [2.45, 2.75) is 50.6 Å². The summed E-state index contributed by atoms with van der Waals surface area (Å²) in [6.07, 6.45) is 6.04. The van der Waals surface area contributed by atoms with E-state index in [1.165, 1.54) is 0 Å². The maximum absolute atomic E-state index is 12.2. The minimum absolute atomic E-state index is 0. The minimum Gasteiger partial charge on any atom is -0.385 e. The van der Waals surface area contributed by atoms with Gasteiger partial charge in [0.1, 0.15) is 0 Å².